The van der Waals surface area contributed by atoms with Gasteiger partial charge in [-0.05, 0) is 38.3 Å². The minimum absolute atomic E-state index is 0.0101. The predicted molar refractivity (Wildman–Crippen MR) is 77.1 cm³/mol. The number of carboxylic acids is 1. The Morgan fingerprint density at radius 1 is 1.32 bits per heavy atom. The molecule has 1 heterocycles. The first-order valence-electron chi connectivity index (χ1n) is 7.15. The third-order valence-corrected chi connectivity index (χ3v) is 4.12. The van der Waals surface area contributed by atoms with Crippen LogP contribution in [-0.4, -0.2) is 15.6 Å². The van der Waals surface area contributed by atoms with Crippen molar-refractivity contribution in [1.82, 2.24) is 4.57 Å². The fraction of sp³-hybridized carbons (Fsp3) is 0.375. The van der Waals surface area contributed by atoms with Crippen LogP contribution < -0.4 is 5.43 Å². The second-order valence-corrected chi connectivity index (χ2v) is 5.64. The maximum Gasteiger partial charge on any atom is 0.303 e. The van der Waals surface area contributed by atoms with Crippen molar-refractivity contribution in [2.24, 2.45) is 0 Å². The van der Waals surface area contributed by atoms with E-state index in [0.29, 0.717) is 5.69 Å². The minimum Gasteiger partial charge on any atom is -0.481 e. The average Bonchev–Trinajstić information content (AvgIpc) is 3.26. The van der Waals surface area contributed by atoms with Crippen molar-refractivity contribution in [2.45, 2.75) is 38.6 Å². The summed E-state index contributed by atoms with van der Waals surface area (Å²) in [5.41, 5.74) is 0.170. The molecule has 1 N–H and O–H groups in total. The van der Waals surface area contributed by atoms with Crippen LogP contribution in [0.25, 0.3) is 10.9 Å². The summed E-state index contributed by atoms with van der Waals surface area (Å²) < 4.78 is 30.0. The molecular formula is C16H15F2NO3. The molecule has 1 aliphatic carbocycles. The zero-order valence-corrected chi connectivity index (χ0v) is 12.0. The highest BCUT2D eigenvalue weighted by molar-refractivity contribution is 5.82. The van der Waals surface area contributed by atoms with E-state index in [1.54, 1.807) is 11.5 Å². The molecule has 0 saturated heterocycles. The van der Waals surface area contributed by atoms with Crippen LogP contribution in [-0.2, 0) is 11.2 Å². The monoisotopic (exact) mass is 307 g/mol. The highest BCUT2D eigenvalue weighted by Crippen LogP contribution is 2.39. The van der Waals surface area contributed by atoms with Crippen molar-refractivity contribution in [3.05, 3.63) is 45.2 Å². The van der Waals surface area contributed by atoms with Gasteiger partial charge >= 0.3 is 5.97 Å². The molecule has 0 atom stereocenters. The zero-order valence-electron chi connectivity index (χ0n) is 12.0. The Morgan fingerprint density at radius 2 is 1.95 bits per heavy atom. The van der Waals surface area contributed by atoms with Gasteiger partial charge in [-0.1, -0.05) is 0 Å². The molecule has 1 saturated carbocycles. The molecule has 116 valence electrons. The van der Waals surface area contributed by atoms with E-state index >= 15 is 0 Å². The number of aliphatic carboxylic acids is 1. The summed E-state index contributed by atoms with van der Waals surface area (Å²) in [5.74, 6) is -2.43. The maximum atomic E-state index is 14.2. The SMILES string of the molecule is Cc1c(CCC(=O)O)c(=O)c2c(F)ccc(F)c2n1C1CC1. The van der Waals surface area contributed by atoms with Crippen molar-refractivity contribution in [1.29, 1.82) is 0 Å². The maximum absolute atomic E-state index is 14.2. The number of halogens is 2. The van der Waals surface area contributed by atoms with Crippen LogP contribution in [0.1, 0.15) is 36.6 Å². The lowest BCUT2D eigenvalue weighted by Crippen LogP contribution is -2.21. The van der Waals surface area contributed by atoms with E-state index in [4.69, 9.17) is 5.11 Å². The van der Waals surface area contributed by atoms with Crippen LogP contribution in [0.5, 0.6) is 0 Å². The van der Waals surface area contributed by atoms with Crippen LogP contribution in [0.15, 0.2) is 16.9 Å². The smallest absolute Gasteiger partial charge is 0.303 e. The zero-order chi connectivity index (χ0) is 16.0. The van der Waals surface area contributed by atoms with Crippen molar-refractivity contribution in [3.8, 4) is 0 Å². The molecule has 0 unspecified atom stereocenters. The number of pyridine rings is 1. The Bertz CT molecular complexity index is 838. The number of carbonyl (C=O) groups is 1. The van der Waals surface area contributed by atoms with Crippen molar-refractivity contribution in [3.63, 3.8) is 0 Å². The summed E-state index contributed by atoms with van der Waals surface area (Å²) in [6.07, 6.45) is 1.47. The lowest BCUT2D eigenvalue weighted by Gasteiger charge is -2.18. The third-order valence-electron chi connectivity index (χ3n) is 4.12. The molecule has 1 aromatic heterocycles. The van der Waals surface area contributed by atoms with Crippen molar-refractivity contribution >= 4 is 16.9 Å². The third kappa shape index (κ3) is 2.28. The van der Waals surface area contributed by atoms with Crippen molar-refractivity contribution < 1.29 is 18.7 Å². The summed E-state index contributed by atoms with van der Waals surface area (Å²) in [7, 11) is 0. The molecule has 0 aliphatic heterocycles. The van der Waals surface area contributed by atoms with Gasteiger partial charge in [-0.25, -0.2) is 8.78 Å². The quantitative estimate of drug-likeness (QED) is 0.944. The Hall–Kier alpha value is -2.24. The van der Waals surface area contributed by atoms with Gasteiger partial charge in [0.25, 0.3) is 0 Å². The Kier molecular flexibility index (Phi) is 3.47. The number of rotatable bonds is 4. The molecule has 1 fully saturated rings. The molecule has 22 heavy (non-hydrogen) atoms. The first-order valence-corrected chi connectivity index (χ1v) is 7.15. The molecule has 1 aliphatic rings. The van der Waals surface area contributed by atoms with E-state index in [-0.39, 0.29) is 35.3 Å². The molecular weight excluding hydrogens is 292 g/mol. The number of hydrogen-bond acceptors (Lipinski definition) is 2. The van der Waals surface area contributed by atoms with Gasteiger partial charge in [0.2, 0.25) is 0 Å². The van der Waals surface area contributed by atoms with Crippen LogP contribution >= 0.6 is 0 Å². The average molecular weight is 307 g/mol. The molecule has 0 radical (unpaired) electrons. The Balaban J connectivity index is 2.36. The van der Waals surface area contributed by atoms with Crippen LogP contribution in [0, 0.1) is 18.6 Å². The van der Waals surface area contributed by atoms with Crippen LogP contribution in [0.2, 0.25) is 0 Å². The van der Waals surface area contributed by atoms with E-state index in [1.165, 1.54) is 0 Å². The Labute approximate surface area is 125 Å². The lowest BCUT2D eigenvalue weighted by molar-refractivity contribution is -0.136. The molecule has 2 aromatic rings. The van der Waals surface area contributed by atoms with Gasteiger partial charge in [0.15, 0.2) is 5.43 Å². The van der Waals surface area contributed by atoms with Gasteiger partial charge in [-0.2, -0.15) is 0 Å². The van der Waals surface area contributed by atoms with E-state index in [1.807, 2.05) is 0 Å². The fourth-order valence-corrected chi connectivity index (χ4v) is 2.94. The molecule has 0 spiro atoms. The topological polar surface area (TPSA) is 59.3 Å². The molecule has 1 aromatic carbocycles. The number of fused-ring (bicyclic) bond motifs is 1. The number of aromatic nitrogens is 1. The highest BCUT2D eigenvalue weighted by atomic mass is 19.1. The standard InChI is InChI=1S/C16H15F2NO3/c1-8-10(4-7-13(20)21)16(22)14-11(17)5-6-12(18)15(14)19(8)9-2-3-9/h5-6,9H,2-4,7H2,1H3,(H,20,21). The first-order chi connectivity index (χ1) is 10.4. The number of nitrogens with zero attached hydrogens (tertiary/aromatic N) is 1. The van der Waals surface area contributed by atoms with E-state index in [9.17, 15) is 18.4 Å². The Morgan fingerprint density at radius 3 is 2.55 bits per heavy atom. The highest BCUT2D eigenvalue weighted by Gasteiger charge is 2.30. The van der Waals surface area contributed by atoms with Gasteiger partial charge in [-0.3, -0.25) is 9.59 Å². The summed E-state index contributed by atoms with van der Waals surface area (Å²) >= 11 is 0. The molecule has 4 nitrogen and oxygen atoms in total. The summed E-state index contributed by atoms with van der Waals surface area (Å²) in [6.45, 7) is 1.67. The second kappa shape index (κ2) is 5.19. The number of hydrogen-bond donors (Lipinski definition) is 1. The first kappa shape index (κ1) is 14.7. The fourth-order valence-electron chi connectivity index (χ4n) is 2.94. The van der Waals surface area contributed by atoms with E-state index in [0.717, 1.165) is 25.0 Å². The van der Waals surface area contributed by atoms with Crippen LogP contribution in [0.4, 0.5) is 8.78 Å². The van der Waals surface area contributed by atoms with Gasteiger partial charge in [-0.15, -0.1) is 0 Å². The van der Waals surface area contributed by atoms with Crippen LogP contribution in [0.3, 0.4) is 0 Å². The molecule has 0 bridgehead atoms. The predicted octanol–water partition coefficient (Wildman–Crippen LogP) is 2.94. The molecule has 0 amide bonds. The van der Waals surface area contributed by atoms with Gasteiger partial charge in [0.1, 0.15) is 11.6 Å². The number of carboxylic acid groups (broad SMARTS) is 1. The summed E-state index contributed by atoms with van der Waals surface area (Å²) in [6, 6.07) is 2.00. The van der Waals surface area contributed by atoms with E-state index < -0.39 is 23.0 Å². The molecule has 3 rings (SSSR count). The van der Waals surface area contributed by atoms with Gasteiger partial charge in [0, 0.05) is 23.7 Å². The van der Waals surface area contributed by atoms with Gasteiger partial charge in [0.05, 0.1) is 10.9 Å². The molecule has 6 heteroatoms. The second-order valence-electron chi connectivity index (χ2n) is 5.64. The van der Waals surface area contributed by atoms with Crippen molar-refractivity contribution in [2.75, 3.05) is 0 Å². The normalized spacial score (nSPS) is 14.5. The lowest BCUT2D eigenvalue weighted by atomic mass is 10.0. The summed E-state index contributed by atoms with van der Waals surface area (Å²) in [4.78, 5) is 23.3. The number of benzene rings is 1. The minimum atomic E-state index is -1.03. The van der Waals surface area contributed by atoms with Gasteiger partial charge < -0.3 is 9.67 Å². The summed E-state index contributed by atoms with van der Waals surface area (Å²) in [5, 5.41) is 8.54. The van der Waals surface area contributed by atoms with E-state index in [2.05, 4.69) is 0 Å². The largest absolute Gasteiger partial charge is 0.481 e.